The first kappa shape index (κ1) is 23.1. The molecule has 0 radical (unpaired) electrons. The summed E-state index contributed by atoms with van der Waals surface area (Å²) < 4.78 is 11.1. The van der Waals surface area contributed by atoms with E-state index in [0.717, 1.165) is 44.6 Å². The van der Waals surface area contributed by atoms with Crippen molar-refractivity contribution in [3.63, 3.8) is 0 Å². The maximum Gasteiger partial charge on any atom is 0.247 e. The topological polar surface area (TPSA) is 43.9 Å². The highest BCUT2D eigenvalue weighted by molar-refractivity contribution is 7.26. The molecule has 10 aromatic rings. The molecular formula is C38H21N3OS. The van der Waals surface area contributed by atoms with Gasteiger partial charge in [0, 0.05) is 41.9 Å². The standard InChI is InChI=1S/C38H21N3OS/c1-2-11-23-21-31-29(20-22(23)10-1)24-12-3-6-17-30(24)41(31)37-34(40-38-35(39-37)27-14-4-7-18-32(27)42-38)28-16-9-15-26-25-13-5-8-19-33(25)43-36(26)28/h1-21H. The number of aromatic nitrogens is 3. The number of rotatable bonds is 2. The number of thiophene rings is 1. The van der Waals surface area contributed by atoms with Gasteiger partial charge in [0.15, 0.2) is 5.82 Å². The summed E-state index contributed by atoms with van der Waals surface area (Å²) >= 11 is 1.80. The van der Waals surface area contributed by atoms with Gasteiger partial charge in [-0.15, -0.1) is 11.3 Å². The van der Waals surface area contributed by atoms with E-state index in [0.29, 0.717) is 5.71 Å². The lowest BCUT2D eigenvalue weighted by molar-refractivity contribution is 0.653. The Kier molecular flexibility index (Phi) is 4.57. The third kappa shape index (κ3) is 3.20. The highest BCUT2D eigenvalue weighted by Crippen LogP contribution is 2.43. The Morgan fingerprint density at radius 3 is 2.19 bits per heavy atom. The average molecular weight is 568 g/mol. The van der Waals surface area contributed by atoms with Gasteiger partial charge in [-0.25, -0.2) is 9.97 Å². The van der Waals surface area contributed by atoms with Crippen molar-refractivity contribution in [1.82, 2.24) is 14.5 Å². The van der Waals surface area contributed by atoms with E-state index in [-0.39, 0.29) is 0 Å². The Balaban J connectivity index is 1.41. The van der Waals surface area contributed by atoms with E-state index in [1.54, 1.807) is 11.3 Å². The van der Waals surface area contributed by atoms with E-state index in [1.807, 2.05) is 18.2 Å². The third-order valence-corrected chi connectivity index (χ3v) is 9.83. The molecule has 0 fully saturated rings. The molecule has 0 N–H and O–H groups in total. The molecule has 0 atom stereocenters. The van der Waals surface area contributed by atoms with Crippen LogP contribution in [0.5, 0.6) is 0 Å². The van der Waals surface area contributed by atoms with Crippen molar-refractivity contribution in [2.75, 3.05) is 0 Å². The quantitative estimate of drug-likeness (QED) is 0.209. The van der Waals surface area contributed by atoms with Gasteiger partial charge in [0.1, 0.15) is 16.8 Å². The van der Waals surface area contributed by atoms with Crippen LogP contribution in [0.2, 0.25) is 0 Å². The summed E-state index contributed by atoms with van der Waals surface area (Å²) in [4.78, 5) is 10.7. The average Bonchev–Trinajstić information content (AvgIpc) is 3.72. The highest BCUT2D eigenvalue weighted by atomic mass is 32.1. The van der Waals surface area contributed by atoms with Gasteiger partial charge in [-0.1, -0.05) is 91.0 Å². The zero-order valence-corrected chi connectivity index (χ0v) is 23.6. The van der Waals surface area contributed by atoms with Gasteiger partial charge >= 0.3 is 0 Å². The van der Waals surface area contributed by atoms with E-state index < -0.39 is 0 Å². The molecule has 0 aliphatic rings. The van der Waals surface area contributed by atoms with Crippen molar-refractivity contribution in [1.29, 1.82) is 0 Å². The third-order valence-electron chi connectivity index (χ3n) is 8.61. The van der Waals surface area contributed by atoms with Gasteiger partial charge in [-0.2, -0.15) is 0 Å². The number of para-hydroxylation sites is 2. The molecule has 43 heavy (non-hydrogen) atoms. The van der Waals surface area contributed by atoms with Crippen LogP contribution in [0.15, 0.2) is 132 Å². The van der Waals surface area contributed by atoms with Crippen molar-refractivity contribution in [2.45, 2.75) is 0 Å². The maximum absolute atomic E-state index is 6.31. The molecule has 4 aromatic heterocycles. The van der Waals surface area contributed by atoms with E-state index in [4.69, 9.17) is 14.4 Å². The number of hydrogen-bond acceptors (Lipinski definition) is 4. The molecule has 0 aliphatic carbocycles. The van der Waals surface area contributed by atoms with Crippen molar-refractivity contribution < 1.29 is 4.42 Å². The number of furan rings is 1. The second-order valence-electron chi connectivity index (χ2n) is 11.0. The fourth-order valence-corrected chi connectivity index (χ4v) is 7.88. The van der Waals surface area contributed by atoms with E-state index >= 15 is 0 Å². The summed E-state index contributed by atoms with van der Waals surface area (Å²) in [6, 6.07) is 44.9. The van der Waals surface area contributed by atoms with Crippen LogP contribution in [-0.2, 0) is 0 Å². The van der Waals surface area contributed by atoms with Gasteiger partial charge in [0.05, 0.1) is 11.0 Å². The van der Waals surface area contributed by atoms with E-state index in [2.05, 4.69) is 114 Å². The van der Waals surface area contributed by atoms with Crippen molar-refractivity contribution in [3.8, 4) is 17.1 Å². The van der Waals surface area contributed by atoms with Crippen LogP contribution in [0.1, 0.15) is 0 Å². The predicted molar refractivity (Wildman–Crippen MR) is 179 cm³/mol. The zero-order chi connectivity index (χ0) is 28.1. The molecule has 0 bridgehead atoms. The van der Waals surface area contributed by atoms with Crippen molar-refractivity contribution >= 4 is 86.3 Å². The molecule has 200 valence electrons. The van der Waals surface area contributed by atoms with Gasteiger partial charge in [0.2, 0.25) is 5.71 Å². The van der Waals surface area contributed by atoms with Gasteiger partial charge in [0.25, 0.3) is 0 Å². The van der Waals surface area contributed by atoms with Crippen LogP contribution in [0, 0.1) is 0 Å². The minimum atomic E-state index is 0.546. The Labute approximate surface area is 249 Å². The number of hydrogen-bond donors (Lipinski definition) is 0. The molecule has 5 heteroatoms. The predicted octanol–water partition coefficient (Wildman–Crippen LogP) is 10.7. The molecule has 10 rings (SSSR count). The second kappa shape index (κ2) is 8.51. The van der Waals surface area contributed by atoms with Crippen LogP contribution >= 0.6 is 11.3 Å². The Morgan fingerprint density at radius 2 is 1.28 bits per heavy atom. The Bertz CT molecular complexity index is 2750. The zero-order valence-electron chi connectivity index (χ0n) is 22.8. The summed E-state index contributed by atoms with van der Waals surface area (Å²) in [7, 11) is 0. The number of fused-ring (bicyclic) bond motifs is 10. The summed E-state index contributed by atoms with van der Waals surface area (Å²) in [5.74, 6) is 0.797. The molecule has 0 saturated heterocycles. The van der Waals surface area contributed by atoms with Crippen molar-refractivity contribution in [3.05, 3.63) is 127 Å². The lowest BCUT2D eigenvalue weighted by atomic mass is 10.1. The molecule has 0 spiro atoms. The molecule has 0 aliphatic heterocycles. The van der Waals surface area contributed by atoms with Crippen LogP contribution in [0.3, 0.4) is 0 Å². The molecule has 0 saturated carbocycles. The minimum Gasteiger partial charge on any atom is -0.436 e. The fraction of sp³-hybridized carbons (Fsp3) is 0. The van der Waals surface area contributed by atoms with Crippen molar-refractivity contribution in [2.24, 2.45) is 0 Å². The summed E-state index contributed by atoms with van der Waals surface area (Å²) in [6.07, 6.45) is 0. The lowest BCUT2D eigenvalue weighted by Crippen LogP contribution is -2.03. The van der Waals surface area contributed by atoms with Crippen LogP contribution < -0.4 is 0 Å². The molecule has 0 amide bonds. The van der Waals surface area contributed by atoms with Crippen LogP contribution in [-0.4, -0.2) is 14.5 Å². The summed E-state index contributed by atoms with van der Waals surface area (Å²) in [5.41, 5.74) is 6.16. The fourth-order valence-electron chi connectivity index (χ4n) is 6.67. The largest absolute Gasteiger partial charge is 0.436 e. The molecular weight excluding hydrogens is 547 g/mol. The maximum atomic E-state index is 6.31. The first-order valence-corrected chi connectivity index (χ1v) is 15.2. The monoisotopic (exact) mass is 567 g/mol. The normalized spacial score (nSPS) is 12.2. The first-order chi connectivity index (χ1) is 21.3. The molecule has 0 unspecified atom stereocenters. The van der Waals surface area contributed by atoms with Gasteiger partial charge in [-0.3, -0.25) is 4.57 Å². The van der Waals surface area contributed by atoms with Gasteiger partial charge in [-0.05, 0) is 47.2 Å². The van der Waals surface area contributed by atoms with Gasteiger partial charge < -0.3 is 4.42 Å². The smallest absolute Gasteiger partial charge is 0.247 e. The second-order valence-corrected chi connectivity index (χ2v) is 12.0. The number of nitrogens with zero attached hydrogens (tertiary/aromatic N) is 3. The summed E-state index contributed by atoms with van der Waals surface area (Å²) in [6.45, 7) is 0. The van der Waals surface area contributed by atoms with E-state index in [1.165, 1.54) is 41.7 Å². The first-order valence-electron chi connectivity index (χ1n) is 14.3. The molecule has 4 heterocycles. The molecule has 6 aromatic carbocycles. The highest BCUT2D eigenvalue weighted by Gasteiger charge is 2.23. The van der Waals surface area contributed by atoms with E-state index in [9.17, 15) is 0 Å². The van der Waals surface area contributed by atoms with Crippen LogP contribution in [0.4, 0.5) is 0 Å². The lowest BCUT2D eigenvalue weighted by Gasteiger charge is -2.13. The minimum absolute atomic E-state index is 0.546. The van der Waals surface area contributed by atoms with Crippen LogP contribution in [0.25, 0.3) is 92.0 Å². The Morgan fingerprint density at radius 1 is 0.558 bits per heavy atom. The SMILES string of the molecule is c1ccc2cc3c(cc2c1)c1ccccc1n3-c1nc2c(nc1-c1cccc3c1sc1ccccc13)oc1ccccc12. The Hall–Kier alpha value is -5.52. The molecule has 4 nitrogen and oxygen atoms in total. The number of benzene rings is 6. The summed E-state index contributed by atoms with van der Waals surface area (Å²) in [5, 5.41) is 8.23.